The third kappa shape index (κ3) is 3.94. The number of anilines is 1. The molecule has 2 rings (SSSR count). The van der Waals surface area contributed by atoms with E-state index in [2.05, 4.69) is 10.4 Å². The van der Waals surface area contributed by atoms with E-state index in [1.54, 1.807) is 29.1 Å². The van der Waals surface area contributed by atoms with E-state index in [9.17, 15) is 5.11 Å². The first-order valence-corrected chi connectivity index (χ1v) is 5.44. The molecule has 0 spiro atoms. The average Bonchev–Trinajstić information content (AvgIpc) is 2.75. The summed E-state index contributed by atoms with van der Waals surface area (Å²) in [7, 11) is 0. The summed E-state index contributed by atoms with van der Waals surface area (Å²) < 4.78 is 1.67. The summed E-state index contributed by atoms with van der Waals surface area (Å²) in [5.74, 6) is 1.01. The van der Waals surface area contributed by atoms with Crippen LogP contribution in [0.3, 0.4) is 0 Å². The Morgan fingerprint density at radius 1 is 1.28 bits per heavy atom. The number of aliphatic hydroxyl groups is 1. The third-order valence-corrected chi connectivity index (χ3v) is 2.35. The van der Waals surface area contributed by atoms with Crippen molar-refractivity contribution in [3.05, 3.63) is 42.1 Å². The molecule has 0 saturated heterocycles. The summed E-state index contributed by atoms with van der Waals surface area (Å²) in [5, 5.41) is 25.4. The van der Waals surface area contributed by atoms with Gasteiger partial charge in [0.25, 0.3) is 0 Å². The SMILES string of the molecule is Cl.OCCn1ccc(NCc2cccc(O)c2)n1. The van der Waals surface area contributed by atoms with E-state index in [4.69, 9.17) is 5.11 Å². The number of phenolic OH excluding ortho intramolecular Hbond substituents is 1. The van der Waals surface area contributed by atoms with Gasteiger partial charge in [-0.1, -0.05) is 12.1 Å². The number of aromatic nitrogens is 2. The first-order valence-electron chi connectivity index (χ1n) is 5.44. The second-order valence-corrected chi connectivity index (χ2v) is 3.71. The molecule has 0 radical (unpaired) electrons. The Hall–Kier alpha value is -1.72. The second-order valence-electron chi connectivity index (χ2n) is 3.71. The van der Waals surface area contributed by atoms with E-state index < -0.39 is 0 Å². The Balaban J connectivity index is 0.00000162. The van der Waals surface area contributed by atoms with Crippen LogP contribution < -0.4 is 5.32 Å². The highest BCUT2D eigenvalue weighted by atomic mass is 35.5. The number of halogens is 1. The van der Waals surface area contributed by atoms with Crippen LogP contribution in [0.5, 0.6) is 5.75 Å². The summed E-state index contributed by atoms with van der Waals surface area (Å²) in [4.78, 5) is 0. The third-order valence-electron chi connectivity index (χ3n) is 2.35. The first-order chi connectivity index (χ1) is 8.28. The maximum absolute atomic E-state index is 9.31. The van der Waals surface area contributed by atoms with E-state index in [1.165, 1.54) is 0 Å². The standard InChI is InChI=1S/C12H15N3O2.ClH/c16-7-6-15-5-4-12(14-15)13-9-10-2-1-3-11(17)8-10;/h1-5,8,16-17H,6-7,9H2,(H,13,14);1H. The summed E-state index contributed by atoms with van der Waals surface area (Å²) in [5.41, 5.74) is 0.988. The maximum Gasteiger partial charge on any atom is 0.148 e. The van der Waals surface area contributed by atoms with Crippen LogP contribution in [-0.4, -0.2) is 26.6 Å². The zero-order chi connectivity index (χ0) is 12.1. The molecule has 0 aliphatic heterocycles. The largest absolute Gasteiger partial charge is 0.508 e. The first kappa shape index (κ1) is 14.3. The van der Waals surface area contributed by atoms with Gasteiger partial charge in [-0.3, -0.25) is 4.68 Å². The number of phenols is 1. The molecule has 98 valence electrons. The minimum atomic E-state index is 0. The number of aliphatic hydroxyl groups excluding tert-OH is 1. The fourth-order valence-electron chi connectivity index (χ4n) is 1.54. The van der Waals surface area contributed by atoms with Crippen LogP contribution in [0.4, 0.5) is 5.82 Å². The van der Waals surface area contributed by atoms with Gasteiger partial charge in [-0.25, -0.2) is 0 Å². The minimum Gasteiger partial charge on any atom is -0.508 e. The lowest BCUT2D eigenvalue weighted by Crippen LogP contribution is -2.04. The van der Waals surface area contributed by atoms with E-state index in [-0.39, 0.29) is 24.8 Å². The Kier molecular flexibility index (Phi) is 5.48. The van der Waals surface area contributed by atoms with Crippen molar-refractivity contribution in [3.63, 3.8) is 0 Å². The quantitative estimate of drug-likeness (QED) is 0.771. The van der Waals surface area contributed by atoms with Gasteiger partial charge in [0.05, 0.1) is 13.2 Å². The summed E-state index contributed by atoms with van der Waals surface area (Å²) in [6.45, 7) is 1.17. The van der Waals surface area contributed by atoms with Crippen molar-refractivity contribution in [3.8, 4) is 5.75 Å². The molecule has 0 saturated carbocycles. The topological polar surface area (TPSA) is 70.3 Å². The van der Waals surface area contributed by atoms with Crippen LogP contribution in [-0.2, 0) is 13.1 Å². The van der Waals surface area contributed by atoms with Crippen molar-refractivity contribution < 1.29 is 10.2 Å². The Bertz CT molecular complexity index is 488. The molecule has 1 aromatic carbocycles. The Morgan fingerprint density at radius 3 is 2.83 bits per heavy atom. The summed E-state index contributed by atoms with van der Waals surface area (Å²) in [6.07, 6.45) is 1.81. The molecule has 1 aromatic heterocycles. The smallest absolute Gasteiger partial charge is 0.148 e. The number of nitrogens with zero attached hydrogens (tertiary/aromatic N) is 2. The highest BCUT2D eigenvalue weighted by Gasteiger charge is 1.99. The number of hydrogen-bond acceptors (Lipinski definition) is 4. The van der Waals surface area contributed by atoms with Gasteiger partial charge in [0.15, 0.2) is 0 Å². The molecule has 0 unspecified atom stereocenters. The molecule has 0 amide bonds. The molecule has 1 heterocycles. The second kappa shape index (κ2) is 6.88. The van der Waals surface area contributed by atoms with Crippen molar-refractivity contribution >= 4 is 18.2 Å². The van der Waals surface area contributed by atoms with Crippen LogP contribution in [0.2, 0.25) is 0 Å². The lowest BCUT2D eigenvalue weighted by atomic mass is 10.2. The monoisotopic (exact) mass is 269 g/mol. The molecule has 0 aliphatic rings. The number of aromatic hydroxyl groups is 1. The van der Waals surface area contributed by atoms with Gasteiger partial charge in [0.1, 0.15) is 11.6 Å². The minimum absolute atomic E-state index is 0. The predicted octanol–water partition coefficient (Wildman–Crippen LogP) is 1.61. The number of rotatable bonds is 5. The molecule has 0 aliphatic carbocycles. The van der Waals surface area contributed by atoms with Crippen LogP contribution in [0, 0.1) is 0 Å². The highest BCUT2D eigenvalue weighted by molar-refractivity contribution is 5.85. The van der Waals surface area contributed by atoms with E-state index >= 15 is 0 Å². The highest BCUT2D eigenvalue weighted by Crippen LogP contribution is 2.12. The maximum atomic E-state index is 9.31. The fourth-order valence-corrected chi connectivity index (χ4v) is 1.54. The number of nitrogens with one attached hydrogen (secondary N) is 1. The lowest BCUT2D eigenvalue weighted by Gasteiger charge is -2.03. The summed E-state index contributed by atoms with van der Waals surface area (Å²) in [6, 6.07) is 8.92. The normalized spacial score (nSPS) is 9.83. The van der Waals surface area contributed by atoms with Crippen LogP contribution in [0.1, 0.15) is 5.56 Å². The Labute approximate surface area is 111 Å². The molecule has 6 heteroatoms. The van der Waals surface area contributed by atoms with Crippen molar-refractivity contribution in [1.29, 1.82) is 0 Å². The van der Waals surface area contributed by atoms with Crippen molar-refractivity contribution in [2.45, 2.75) is 13.1 Å². The van der Waals surface area contributed by atoms with Crippen molar-refractivity contribution in [2.75, 3.05) is 11.9 Å². The van der Waals surface area contributed by atoms with E-state index in [0.29, 0.717) is 13.1 Å². The molecular weight excluding hydrogens is 254 g/mol. The molecule has 0 bridgehead atoms. The predicted molar refractivity (Wildman–Crippen MR) is 72.0 cm³/mol. The molecular formula is C12H16ClN3O2. The van der Waals surface area contributed by atoms with Gasteiger partial charge in [-0.2, -0.15) is 5.10 Å². The molecule has 2 aromatic rings. The zero-order valence-corrected chi connectivity index (χ0v) is 10.6. The number of hydrogen-bond donors (Lipinski definition) is 3. The van der Waals surface area contributed by atoms with Gasteiger partial charge >= 0.3 is 0 Å². The zero-order valence-electron chi connectivity index (χ0n) is 9.78. The van der Waals surface area contributed by atoms with Crippen LogP contribution >= 0.6 is 12.4 Å². The molecule has 18 heavy (non-hydrogen) atoms. The van der Waals surface area contributed by atoms with Gasteiger partial charge in [0.2, 0.25) is 0 Å². The van der Waals surface area contributed by atoms with Crippen molar-refractivity contribution in [2.24, 2.45) is 0 Å². The van der Waals surface area contributed by atoms with E-state index in [0.717, 1.165) is 11.4 Å². The lowest BCUT2D eigenvalue weighted by molar-refractivity contribution is 0.269. The fraction of sp³-hybridized carbons (Fsp3) is 0.250. The molecule has 3 N–H and O–H groups in total. The van der Waals surface area contributed by atoms with Gasteiger partial charge in [0, 0.05) is 18.8 Å². The number of benzene rings is 1. The Morgan fingerprint density at radius 2 is 2.11 bits per heavy atom. The molecule has 0 atom stereocenters. The average molecular weight is 270 g/mol. The van der Waals surface area contributed by atoms with Crippen molar-refractivity contribution in [1.82, 2.24) is 9.78 Å². The van der Waals surface area contributed by atoms with E-state index in [1.807, 2.05) is 12.1 Å². The van der Waals surface area contributed by atoms with Gasteiger partial charge < -0.3 is 15.5 Å². The molecule has 0 fully saturated rings. The molecule has 5 nitrogen and oxygen atoms in total. The summed E-state index contributed by atoms with van der Waals surface area (Å²) >= 11 is 0. The van der Waals surface area contributed by atoms with Gasteiger partial charge in [-0.15, -0.1) is 12.4 Å². The van der Waals surface area contributed by atoms with Crippen LogP contribution in [0.15, 0.2) is 36.5 Å². The van der Waals surface area contributed by atoms with Gasteiger partial charge in [-0.05, 0) is 17.7 Å². The van der Waals surface area contributed by atoms with Crippen LogP contribution in [0.25, 0.3) is 0 Å².